The summed E-state index contributed by atoms with van der Waals surface area (Å²) in [7, 11) is 1.61. The van der Waals surface area contributed by atoms with Crippen molar-refractivity contribution in [2.24, 2.45) is 0 Å². The normalized spacial score (nSPS) is 13.8. The van der Waals surface area contributed by atoms with Gasteiger partial charge in [0.05, 0.1) is 18.6 Å². The third kappa shape index (κ3) is 3.53. The molecule has 0 unspecified atom stereocenters. The van der Waals surface area contributed by atoms with Gasteiger partial charge in [0.25, 0.3) is 6.43 Å². The summed E-state index contributed by atoms with van der Waals surface area (Å²) >= 11 is 1.12. The summed E-state index contributed by atoms with van der Waals surface area (Å²) in [6.45, 7) is 1.46. The maximum absolute atomic E-state index is 13.5. The van der Waals surface area contributed by atoms with Gasteiger partial charge >= 0.3 is 0 Å². The molecule has 0 bridgehead atoms. The lowest BCUT2D eigenvalue weighted by Gasteiger charge is -2.23. The summed E-state index contributed by atoms with van der Waals surface area (Å²) in [5, 5.41) is 7.86. The number of rotatable bonds is 6. The van der Waals surface area contributed by atoms with Crippen LogP contribution in [0.5, 0.6) is 5.75 Å². The molecule has 0 N–H and O–H groups in total. The van der Waals surface area contributed by atoms with Gasteiger partial charge in [0.2, 0.25) is 5.82 Å². The van der Waals surface area contributed by atoms with Gasteiger partial charge in [0.15, 0.2) is 5.16 Å². The third-order valence-electron chi connectivity index (χ3n) is 4.19. The fourth-order valence-corrected chi connectivity index (χ4v) is 3.88. The second-order valence-corrected chi connectivity index (χ2v) is 6.86. The molecule has 0 radical (unpaired) electrons. The molecule has 5 nitrogen and oxygen atoms in total. The average molecular weight is 367 g/mol. The lowest BCUT2D eigenvalue weighted by Crippen LogP contribution is -2.13. The molecule has 0 saturated heterocycles. The minimum Gasteiger partial charge on any atom is -0.496 e. The zero-order valence-corrected chi connectivity index (χ0v) is 14.9. The van der Waals surface area contributed by atoms with Gasteiger partial charge in [-0.05, 0) is 55.9 Å². The van der Waals surface area contributed by atoms with Crippen LogP contribution in [0.25, 0.3) is 5.69 Å². The standard InChI is InChI=1S/C17H19F2N3O2S/c1-10(23)9-25-17-21-20-16(15(18)19)22(17)13-7-8-14(24-2)12-6-4-3-5-11(12)13/h7-8,15H,3-6,9H2,1-2H3. The SMILES string of the molecule is COc1ccc(-n2c(SCC(C)=O)nnc2C(F)F)c2c1CCCC2. The highest BCUT2D eigenvalue weighted by Gasteiger charge is 2.26. The van der Waals surface area contributed by atoms with Gasteiger partial charge in [-0.1, -0.05) is 11.8 Å². The van der Waals surface area contributed by atoms with E-state index in [4.69, 9.17) is 4.74 Å². The summed E-state index contributed by atoms with van der Waals surface area (Å²) in [6, 6.07) is 3.57. The van der Waals surface area contributed by atoms with E-state index < -0.39 is 12.2 Å². The van der Waals surface area contributed by atoms with Gasteiger partial charge in [-0.2, -0.15) is 0 Å². The predicted octanol–water partition coefficient (Wildman–Crippen LogP) is 3.77. The van der Waals surface area contributed by atoms with Crippen LogP contribution in [0.4, 0.5) is 8.78 Å². The van der Waals surface area contributed by atoms with Crippen LogP contribution in [-0.4, -0.2) is 33.4 Å². The number of halogens is 2. The fraction of sp³-hybridized carbons (Fsp3) is 0.471. The van der Waals surface area contributed by atoms with Crippen molar-refractivity contribution in [2.75, 3.05) is 12.9 Å². The molecule has 0 spiro atoms. The molecule has 0 aliphatic heterocycles. The van der Waals surface area contributed by atoms with Crippen LogP contribution >= 0.6 is 11.8 Å². The van der Waals surface area contributed by atoms with Crippen LogP contribution < -0.4 is 4.74 Å². The number of alkyl halides is 2. The van der Waals surface area contributed by atoms with Crippen molar-refractivity contribution in [3.05, 3.63) is 29.1 Å². The fourth-order valence-electron chi connectivity index (χ4n) is 3.13. The van der Waals surface area contributed by atoms with Crippen LogP contribution in [-0.2, 0) is 17.6 Å². The van der Waals surface area contributed by atoms with Crippen molar-refractivity contribution < 1.29 is 18.3 Å². The molecule has 1 heterocycles. The molecule has 2 aromatic rings. The lowest BCUT2D eigenvalue weighted by atomic mass is 9.89. The number of benzene rings is 1. The van der Waals surface area contributed by atoms with Crippen molar-refractivity contribution in [3.63, 3.8) is 0 Å². The number of nitrogens with zero attached hydrogens (tertiary/aromatic N) is 3. The molecule has 1 aromatic carbocycles. The monoisotopic (exact) mass is 367 g/mol. The zero-order chi connectivity index (χ0) is 18.0. The Kier molecular flexibility index (Phi) is 5.36. The molecule has 3 rings (SSSR count). The van der Waals surface area contributed by atoms with Crippen molar-refractivity contribution in [2.45, 2.75) is 44.2 Å². The number of aromatic nitrogens is 3. The van der Waals surface area contributed by atoms with E-state index in [0.717, 1.165) is 54.3 Å². The summed E-state index contributed by atoms with van der Waals surface area (Å²) in [5.74, 6) is 0.502. The van der Waals surface area contributed by atoms with Crippen molar-refractivity contribution >= 4 is 17.5 Å². The Labute approximate surface area is 148 Å². The average Bonchev–Trinajstić information content (AvgIpc) is 3.03. The molecule has 134 valence electrons. The Hall–Kier alpha value is -1.96. The molecule has 8 heteroatoms. The molecule has 25 heavy (non-hydrogen) atoms. The maximum Gasteiger partial charge on any atom is 0.297 e. The van der Waals surface area contributed by atoms with Gasteiger partial charge in [-0.15, -0.1) is 10.2 Å². The van der Waals surface area contributed by atoms with E-state index in [1.165, 1.54) is 11.5 Å². The van der Waals surface area contributed by atoms with E-state index in [-0.39, 0.29) is 11.5 Å². The van der Waals surface area contributed by atoms with E-state index in [9.17, 15) is 13.6 Å². The number of ketones is 1. The number of thioether (sulfide) groups is 1. The number of carbonyl (C=O) groups is 1. The molecule has 0 saturated carbocycles. The quantitative estimate of drug-likeness (QED) is 0.728. The highest BCUT2D eigenvalue weighted by Crippen LogP contribution is 2.37. The van der Waals surface area contributed by atoms with Gasteiger partial charge < -0.3 is 4.74 Å². The number of methoxy groups -OCH3 is 1. The van der Waals surface area contributed by atoms with E-state index in [2.05, 4.69) is 10.2 Å². The largest absolute Gasteiger partial charge is 0.496 e. The Morgan fingerprint density at radius 3 is 2.64 bits per heavy atom. The molecule has 1 aliphatic carbocycles. The first kappa shape index (κ1) is 17.8. The molecule has 0 atom stereocenters. The Morgan fingerprint density at radius 1 is 1.28 bits per heavy atom. The summed E-state index contributed by atoms with van der Waals surface area (Å²) in [5.41, 5.74) is 2.71. The Balaban J connectivity index is 2.15. The van der Waals surface area contributed by atoms with Gasteiger partial charge in [0.1, 0.15) is 11.5 Å². The summed E-state index contributed by atoms with van der Waals surface area (Å²) in [4.78, 5) is 11.3. The maximum atomic E-state index is 13.5. The first-order valence-corrected chi connectivity index (χ1v) is 9.06. The second-order valence-electron chi connectivity index (χ2n) is 5.92. The number of carbonyl (C=O) groups excluding carboxylic acids is 1. The topological polar surface area (TPSA) is 57.0 Å². The van der Waals surface area contributed by atoms with Crippen molar-refractivity contribution in [3.8, 4) is 11.4 Å². The van der Waals surface area contributed by atoms with Gasteiger partial charge in [0, 0.05) is 0 Å². The number of hydrogen-bond acceptors (Lipinski definition) is 5. The first-order valence-electron chi connectivity index (χ1n) is 8.07. The molecular formula is C17H19F2N3O2S. The molecule has 0 fully saturated rings. The highest BCUT2D eigenvalue weighted by atomic mass is 32.2. The van der Waals surface area contributed by atoms with Crippen LogP contribution in [0, 0.1) is 0 Å². The second kappa shape index (κ2) is 7.51. The Bertz CT molecular complexity index is 792. The Morgan fingerprint density at radius 2 is 2.00 bits per heavy atom. The zero-order valence-electron chi connectivity index (χ0n) is 14.1. The smallest absolute Gasteiger partial charge is 0.297 e. The van der Waals surface area contributed by atoms with E-state index in [1.54, 1.807) is 19.2 Å². The van der Waals surface area contributed by atoms with Gasteiger partial charge in [-0.3, -0.25) is 9.36 Å². The van der Waals surface area contributed by atoms with E-state index >= 15 is 0 Å². The van der Waals surface area contributed by atoms with Crippen LogP contribution in [0.15, 0.2) is 17.3 Å². The highest BCUT2D eigenvalue weighted by molar-refractivity contribution is 7.99. The molecular weight excluding hydrogens is 348 g/mol. The van der Waals surface area contributed by atoms with Crippen LogP contribution in [0.1, 0.15) is 43.1 Å². The first-order chi connectivity index (χ1) is 12.0. The van der Waals surface area contributed by atoms with Gasteiger partial charge in [-0.25, -0.2) is 8.78 Å². The van der Waals surface area contributed by atoms with E-state index in [1.807, 2.05) is 0 Å². The summed E-state index contributed by atoms with van der Waals surface area (Å²) in [6.07, 6.45) is 0.937. The predicted molar refractivity (Wildman–Crippen MR) is 90.9 cm³/mol. The molecule has 0 amide bonds. The number of Topliss-reactive ketones (excluding diaryl/α,β-unsaturated/α-hetero) is 1. The number of ether oxygens (including phenoxy) is 1. The number of fused-ring (bicyclic) bond motifs is 1. The van der Waals surface area contributed by atoms with E-state index in [0.29, 0.717) is 10.8 Å². The van der Waals surface area contributed by atoms with Crippen LogP contribution in [0.2, 0.25) is 0 Å². The number of hydrogen-bond donors (Lipinski definition) is 0. The molecule has 1 aromatic heterocycles. The third-order valence-corrected chi connectivity index (χ3v) is 5.26. The van der Waals surface area contributed by atoms with Crippen molar-refractivity contribution in [1.29, 1.82) is 0 Å². The van der Waals surface area contributed by atoms with Crippen LogP contribution in [0.3, 0.4) is 0 Å². The van der Waals surface area contributed by atoms with Crippen molar-refractivity contribution in [1.82, 2.24) is 14.8 Å². The summed E-state index contributed by atoms with van der Waals surface area (Å²) < 4.78 is 33.8. The minimum atomic E-state index is -2.75. The molecule has 1 aliphatic rings. The lowest BCUT2D eigenvalue weighted by molar-refractivity contribution is -0.114. The minimum absolute atomic E-state index is 0.0464.